The third kappa shape index (κ3) is 5.22. The van der Waals surface area contributed by atoms with Crippen molar-refractivity contribution in [3.8, 4) is 11.5 Å². The van der Waals surface area contributed by atoms with Gasteiger partial charge in [-0.05, 0) is 48.4 Å². The van der Waals surface area contributed by atoms with Gasteiger partial charge in [0.05, 0.1) is 28.4 Å². The average molecular weight is 597 g/mol. The molecule has 1 aliphatic rings. The summed E-state index contributed by atoms with van der Waals surface area (Å²) < 4.78 is 12.8. The van der Waals surface area contributed by atoms with Gasteiger partial charge in [-0.2, -0.15) is 0 Å². The number of carbonyl (C=O) groups excluding carboxylic acids is 2. The maximum atomic E-state index is 13.6. The number of ketones is 1. The molecule has 2 heterocycles. The standard InChI is InChI=1S/C33H25ClN2O5S/c1-2-40-26-17-22(13-16-25(26)41-19-20-9-5-3-6-10-20)29-28(30(37)21-11-7-4-8-12-21)31(38)32(39)36(29)33-35-24-15-14-23(34)18-27(24)42-33/h3-18,29,37H,2,19H2,1H3. The molecule has 0 spiro atoms. The van der Waals surface area contributed by atoms with Gasteiger partial charge in [-0.25, -0.2) is 4.98 Å². The smallest absolute Gasteiger partial charge is 0.301 e. The Labute approximate surface area is 251 Å². The van der Waals surface area contributed by atoms with E-state index in [-0.39, 0.29) is 11.3 Å². The van der Waals surface area contributed by atoms with Gasteiger partial charge in [0.1, 0.15) is 12.4 Å². The molecule has 210 valence electrons. The molecule has 5 aromatic rings. The summed E-state index contributed by atoms with van der Waals surface area (Å²) in [5.74, 6) is -0.898. The number of benzene rings is 4. The molecule has 42 heavy (non-hydrogen) atoms. The van der Waals surface area contributed by atoms with Crippen molar-refractivity contribution in [3.05, 3.63) is 124 Å². The van der Waals surface area contributed by atoms with Gasteiger partial charge in [0.2, 0.25) is 0 Å². The number of rotatable bonds is 8. The number of Topliss-reactive ketones (excluding diaryl/α,β-unsaturated/α-hetero) is 1. The molecule has 9 heteroatoms. The van der Waals surface area contributed by atoms with Crippen molar-refractivity contribution in [1.29, 1.82) is 0 Å². The van der Waals surface area contributed by atoms with Crippen LogP contribution in [0.5, 0.6) is 11.5 Å². The van der Waals surface area contributed by atoms with E-state index < -0.39 is 17.7 Å². The Balaban J connectivity index is 1.48. The van der Waals surface area contributed by atoms with E-state index >= 15 is 0 Å². The monoisotopic (exact) mass is 596 g/mol. The van der Waals surface area contributed by atoms with Gasteiger partial charge in [-0.15, -0.1) is 0 Å². The minimum Gasteiger partial charge on any atom is -0.507 e. The SMILES string of the molecule is CCOc1cc(C2C(=C(O)c3ccccc3)C(=O)C(=O)N2c2nc3ccc(Cl)cc3s2)ccc1OCc1ccccc1. The molecule has 1 fully saturated rings. The minimum absolute atomic E-state index is 0.0381. The Morgan fingerprint density at radius 1 is 0.929 bits per heavy atom. The number of aliphatic hydroxyl groups is 1. The van der Waals surface area contributed by atoms with E-state index in [1.807, 2.05) is 43.3 Å². The molecule has 0 aliphatic carbocycles. The van der Waals surface area contributed by atoms with Crippen LogP contribution in [0.3, 0.4) is 0 Å². The second kappa shape index (κ2) is 11.7. The minimum atomic E-state index is -0.969. The van der Waals surface area contributed by atoms with E-state index in [0.29, 0.717) is 51.5 Å². The number of hydrogen-bond acceptors (Lipinski definition) is 7. The number of halogens is 1. The molecule has 1 saturated heterocycles. The van der Waals surface area contributed by atoms with Crippen molar-refractivity contribution in [2.24, 2.45) is 0 Å². The molecule has 1 atom stereocenters. The molecule has 0 radical (unpaired) electrons. The van der Waals surface area contributed by atoms with Crippen LogP contribution in [-0.2, 0) is 16.2 Å². The highest BCUT2D eigenvalue weighted by molar-refractivity contribution is 7.22. The first-order valence-electron chi connectivity index (χ1n) is 13.3. The van der Waals surface area contributed by atoms with Crippen molar-refractivity contribution in [3.63, 3.8) is 0 Å². The second-order valence-corrected chi connectivity index (χ2v) is 11.0. The van der Waals surface area contributed by atoms with Crippen LogP contribution >= 0.6 is 22.9 Å². The number of ether oxygens (including phenoxy) is 2. The van der Waals surface area contributed by atoms with Gasteiger partial charge in [0, 0.05) is 10.6 Å². The maximum Gasteiger partial charge on any atom is 0.301 e. The largest absolute Gasteiger partial charge is 0.507 e. The highest BCUT2D eigenvalue weighted by atomic mass is 35.5. The molecule has 0 bridgehead atoms. The quantitative estimate of drug-likeness (QED) is 0.113. The van der Waals surface area contributed by atoms with Crippen LogP contribution < -0.4 is 14.4 Å². The predicted molar refractivity (Wildman–Crippen MR) is 164 cm³/mol. The zero-order valence-corrected chi connectivity index (χ0v) is 24.1. The van der Waals surface area contributed by atoms with Crippen molar-refractivity contribution >= 4 is 55.7 Å². The number of thiazole rings is 1. The molecule has 7 nitrogen and oxygen atoms in total. The lowest BCUT2D eigenvalue weighted by Gasteiger charge is -2.24. The van der Waals surface area contributed by atoms with E-state index in [1.165, 1.54) is 16.2 Å². The van der Waals surface area contributed by atoms with Gasteiger partial charge in [0.15, 0.2) is 16.6 Å². The van der Waals surface area contributed by atoms with Crippen molar-refractivity contribution < 1.29 is 24.2 Å². The molecule has 1 N–H and O–H groups in total. The topological polar surface area (TPSA) is 89.0 Å². The summed E-state index contributed by atoms with van der Waals surface area (Å²) >= 11 is 7.44. The second-order valence-electron chi connectivity index (χ2n) is 9.56. The summed E-state index contributed by atoms with van der Waals surface area (Å²) in [4.78, 5) is 33.2. The van der Waals surface area contributed by atoms with Crippen LogP contribution in [0, 0.1) is 0 Å². The number of carbonyl (C=O) groups is 2. The third-order valence-electron chi connectivity index (χ3n) is 6.86. The van der Waals surface area contributed by atoms with Crippen LogP contribution in [0.1, 0.15) is 29.7 Å². The van der Waals surface area contributed by atoms with Crippen molar-refractivity contribution in [2.75, 3.05) is 11.5 Å². The normalized spacial score (nSPS) is 16.2. The number of aromatic nitrogens is 1. The Morgan fingerprint density at radius 3 is 2.40 bits per heavy atom. The number of fused-ring (bicyclic) bond motifs is 1. The Hall–Kier alpha value is -4.66. The fourth-order valence-corrected chi connectivity index (χ4v) is 6.17. The van der Waals surface area contributed by atoms with Gasteiger partial charge < -0.3 is 14.6 Å². The van der Waals surface area contributed by atoms with Crippen LogP contribution in [0.4, 0.5) is 5.13 Å². The summed E-state index contributed by atoms with van der Waals surface area (Å²) in [5, 5.41) is 12.3. The number of hydrogen-bond donors (Lipinski definition) is 1. The van der Waals surface area contributed by atoms with E-state index in [0.717, 1.165) is 10.3 Å². The lowest BCUT2D eigenvalue weighted by atomic mass is 9.95. The summed E-state index contributed by atoms with van der Waals surface area (Å²) in [5.41, 5.74) is 2.58. The molecule has 1 amide bonds. The fraction of sp³-hybridized carbons (Fsp3) is 0.121. The van der Waals surface area contributed by atoms with E-state index in [9.17, 15) is 14.7 Å². The summed E-state index contributed by atoms with van der Waals surface area (Å²) in [6.07, 6.45) is 0. The third-order valence-corrected chi connectivity index (χ3v) is 8.11. The number of nitrogens with zero attached hydrogens (tertiary/aromatic N) is 2. The average Bonchev–Trinajstić information content (AvgIpc) is 3.54. The van der Waals surface area contributed by atoms with E-state index in [1.54, 1.807) is 60.7 Å². The predicted octanol–water partition coefficient (Wildman–Crippen LogP) is 7.55. The van der Waals surface area contributed by atoms with Crippen LogP contribution in [0.25, 0.3) is 16.0 Å². The summed E-state index contributed by atoms with van der Waals surface area (Å²) in [6, 6.07) is 28.0. The first-order valence-corrected chi connectivity index (χ1v) is 14.5. The lowest BCUT2D eigenvalue weighted by Crippen LogP contribution is -2.29. The number of anilines is 1. The van der Waals surface area contributed by atoms with Gasteiger partial charge >= 0.3 is 5.91 Å². The lowest BCUT2D eigenvalue weighted by molar-refractivity contribution is -0.132. The zero-order valence-electron chi connectivity index (χ0n) is 22.5. The highest BCUT2D eigenvalue weighted by Gasteiger charge is 2.48. The first-order chi connectivity index (χ1) is 20.4. The molecular weight excluding hydrogens is 572 g/mol. The van der Waals surface area contributed by atoms with Gasteiger partial charge in [-0.1, -0.05) is 89.7 Å². The summed E-state index contributed by atoms with van der Waals surface area (Å²) in [6.45, 7) is 2.57. The zero-order chi connectivity index (χ0) is 29.2. The first kappa shape index (κ1) is 27.5. The Morgan fingerprint density at radius 2 is 1.67 bits per heavy atom. The molecule has 1 unspecified atom stereocenters. The molecular formula is C33H25ClN2O5S. The van der Waals surface area contributed by atoms with Crippen molar-refractivity contribution in [2.45, 2.75) is 19.6 Å². The fourth-order valence-electron chi connectivity index (χ4n) is 4.90. The van der Waals surface area contributed by atoms with Gasteiger partial charge in [-0.3, -0.25) is 14.5 Å². The maximum absolute atomic E-state index is 13.6. The Kier molecular flexibility index (Phi) is 7.65. The van der Waals surface area contributed by atoms with E-state index in [4.69, 9.17) is 21.1 Å². The molecule has 1 aromatic heterocycles. The molecule has 0 saturated carbocycles. The van der Waals surface area contributed by atoms with Crippen LogP contribution in [0.2, 0.25) is 5.02 Å². The van der Waals surface area contributed by atoms with Crippen LogP contribution in [-0.4, -0.2) is 28.4 Å². The molecule has 6 rings (SSSR count). The van der Waals surface area contributed by atoms with Gasteiger partial charge in [0.25, 0.3) is 5.78 Å². The van der Waals surface area contributed by atoms with Crippen molar-refractivity contribution in [1.82, 2.24) is 4.98 Å². The van der Waals surface area contributed by atoms with Crippen LogP contribution in [0.15, 0.2) is 103 Å². The molecule has 4 aromatic carbocycles. The van der Waals surface area contributed by atoms with E-state index in [2.05, 4.69) is 4.98 Å². The number of amides is 1. The number of aliphatic hydroxyl groups excluding tert-OH is 1. The molecule has 1 aliphatic heterocycles. The highest BCUT2D eigenvalue weighted by Crippen LogP contribution is 2.46. The summed E-state index contributed by atoms with van der Waals surface area (Å²) in [7, 11) is 0. The Bertz CT molecular complexity index is 1820.